The third kappa shape index (κ3) is 3.12. The molecule has 0 aliphatic carbocycles. The first-order chi connectivity index (χ1) is 12.6. The van der Waals surface area contributed by atoms with Crippen molar-refractivity contribution < 1.29 is 9.59 Å². The van der Waals surface area contributed by atoms with E-state index in [4.69, 9.17) is 0 Å². The highest BCUT2D eigenvalue weighted by atomic mass is 16.2. The molecule has 2 unspecified atom stereocenters. The van der Waals surface area contributed by atoms with Gasteiger partial charge in [-0.1, -0.05) is 18.2 Å². The second-order valence-electron chi connectivity index (χ2n) is 7.14. The smallest absolute Gasteiger partial charge is 0.270 e. The summed E-state index contributed by atoms with van der Waals surface area (Å²) in [6.07, 6.45) is 4.34. The van der Waals surface area contributed by atoms with Crippen LogP contribution in [0.1, 0.15) is 28.9 Å². The van der Waals surface area contributed by atoms with Crippen LogP contribution in [0.4, 0.5) is 5.69 Å². The van der Waals surface area contributed by atoms with Gasteiger partial charge >= 0.3 is 0 Å². The molecule has 0 bridgehead atoms. The van der Waals surface area contributed by atoms with E-state index < -0.39 is 0 Å². The first kappa shape index (κ1) is 16.8. The molecule has 26 heavy (non-hydrogen) atoms. The molecule has 0 radical (unpaired) electrons. The molecule has 2 amide bonds. The Kier molecular flexibility index (Phi) is 4.51. The number of H-pyrrole nitrogens is 1. The molecule has 2 atom stereocenters. The molecule has 2 aliphatic heterocycles. The van der Waals surface area contributed by atoms with Crippen molar-refractivity contribution in [1.82, 2.24) is 14.8 Å². The van der Waals surface area contributed by atoms with Crippen LogP contribution in [-0.2, 0) is 11.2 Å². The van der Waals surface area contributed by atoms with E-state index in [9.17, 15) is 9.59 Å². The van der Waals surface area contributed by atoms with Crippen LogP contribution in [0.3, 0.4) is 0 Å². The number of amides is 2. The molecular formula is C20H24N4O2. The van der Waals surface area contributed by atoms with Crippen LogP contribution in [0.25, 0.3) is 0 Å². The number of carbonyl (C=O) groups is 2. The largest absolute Gasteiger partial charge is 0.357 e. The summed E-state index contributed by atoms with van der Waals surface area (Å²) in [5.41, 5.74) is 2.72. The highest BCUT2D eigenvalue weighted by Gasteiger charge is 2.36. The van der Waals surface area contributed by atoms with Crippen LogP contribution in [0.5, 0.6) is 0 Å². The number of rotatable bonds is 3. The Balaban J connectivity index is 1.42. The summed E-state index contributed by atoms with van der Waals surface area (Å²) in [5.74, 6) is 0.0634. The Hall–Kier alpha value is -2.60. The van der Waals surface area contributed by atoms with E-state index in [-0.39, 0.29) is 23.9 Å². The maximum Gasteiger partial charge on any atom is 0.270 e. The van der Waals surface area contributed by atoms with E-state index in [1.807, 2.05) is 31.3 Å². The number of benzene rings is 1. The summed E-state index contributed by atoms with van der Waals surface area (Å²) in [5, 5.41) is 3.07. The topological polar surface area (TPSA) is 68.4 Å². The number of nitrogens with zero attached hydrogens (tertiary/aromatic N) is 2. The van der Waals surface area contributed by atoms with Crippen molar-refractivity contribution in [3.05, 3.63) is 53.9 Å². The minimum Gasteiger partial charge on any atom is -0.357 e. The number of para-hydroxylation sites is 1. The number of nitrogens with one attached hydrogen (secondary N) is 2. The van der Waals surface area contributed by atoms with E-state index >= 15 is 0 Å². The zero-order valence-corrected chi connectivity index (χ0v) is 14.9. The van der Waals surface area contributed by atoms with Crippen LogP contribution >= 0.6 is 0 Å². The van der Waals surface area contributed by atoms with Gasteiger partial charge in [-0.15, -0.1) is 0 Å². The van der Waals surface area contributed by atoms with Gasteiger partial charge in [0.1, 0.15) is 5.69 Å². The minimum absolute atomic E-state index is 0.000395. The van der Waals surface area contributed by atoms with Crippen molar-refractivity contribution in [2.45, 2.75) is 31.3 Å². The van der Waals surface area contributed by atoms with Gasteiger partial charge in [-0.3, -0.25) is 14.5 Å². The van der Waals surface area contributed by atoms with Gasteiger partial charge in [-0.05, 0) is 43.0 Å². The Morgan fingerprint density at radius 1 is 1.19 bits per heavy atom. The fourth-order valence-electron chi connectivity index (χ4n) is 4.03. The van der Waals surface area contributed by atoms with Crippen molar-refractivity contribution in [2.75, 3.05) is 25.5 Å². The van der Waals surface area contributed by atoms with Gasteiger partial charge < -0.3 is 15.2 Å². The third-order valence-electron chi connectivity index (χ3n) is 5.60. The molecule has 1 fully saturated rings. The Bertz CT molecular complexity index is 802. The van der Waals surface area contributed by atoms with Gasteiger partial charge in [-0.2, -0.15) is 0 Å². The molecule has 6 nitrogen and oxygen atoms in total. The molecular weight excluding hydrogens is 328 g/mol. The number of aryl methyl sites for hydroxylation is 1. The maximum absolute atomic E-state index is 12.7. The van der Waals surface area contributed by atoms with Crippen molar-refractivity contribution in [2.24, 2.45) is 0 Å². The fourth-order valence-corrected chi connectivity index (χ4v) is 4.03. The maximum atomic E-state index is 12.7. The van der Waals surface area contributed by atoms with E-state index in [1.165, 1.54) is 5.56 Å². The molecule has 2 N–H and O–H groups in total. The van der Waals surface area contributed by atoms with Gasteiger partial charge in [0.05, 0.1) is 6.04 Å². The predicted molar refractivity (Wildman–Crippen MR) is 100 cm³/mol. The minimum atomic E-state index is -0.138. The van der Waals surface area contributed by atoms with Gasteiger partial charge in [-0.25, -0.2) is 0 Å². The summed E-state index contributed by atoms with van der Waals surface area (Å²) in [6, 6.07) is 11.6. The Labute approximate surface area is 153 Å². The number of anilines is 1. The second-order valence-corrected chi connectivity index (χ2v) is 7.14. The number of hydrogen-bond acceptors (Lipinski definition) is 3. The van der Waals surface area contributed by atoms with Crippen molar-refractivity contribution in [3.63, 3.8) is 0 Å². The summed E-state index contributed by atoms with van der Waals surface area (Å²) in [4.78, 5) is 32.3. The van der Waals surface area contributed by atoms with Gasteiger partial charge in [0.15, 0.2) is 0 Å². The number of fused-ring (bicyclic) bond motifs is 1. The fraction of sp³-hybridized carbons (Fsp3) is 0.400. The molecule has 1 aromatic heterocycles. The molecule has 6 heteroatoms. The summed E-state index contributed by atoms with van der Waals surface area (Å²) in [7, 11) is 1.85. The van der Waals surface area contributed by atoms with Crippen LogP contribution < -0.4 is 5.32 Å². The van der Waals surface area contributed by atoms with E-state index in [0.29, 0.717) is 5.69 Å². The summed E-state index contributed by atoms with van der Waals surface area (Å²) >= 11 is 0. The SMILES string of the molecule is CN(C(=O)c1ccc[nH]1)C1CCN(C2CCc3ccccc3NC2=O)C1. The molecule has 1 saturated heterocycles. The lowest BCUT2D eigenvalue weighted by molar-refractivity contribution is -0.121. The zero-order valence-electron chi connectivity index (χ0n) is 14.9. The van der Waals surface area contributed by atoms with E-state index in [0.717, 1.165) is 38.0 Å². The molecule has 0 spiro atoms. The predicted octanol–water partition coefficient (Wildman–Crippen LogP) is 2.11. The lowest BCUT2D eigenvalue weighted by Crippen LogP contribution is -2.45. The van der Waals surface area contributed by atoms with Gasteiger partial charge in [0, 0.05) is 38.1 Å². The monoisotopic (exact) mass is 352 g/mol. The third-order valence-corrected chi connectivity index (χ3v) is 5.60. The molecule has 0 saturated carbocycles. The molecule has 136 valence electrons. The number of aromatic amines is 1. The molecule has 1 aromatic carbocycles. The Morgan fingerprint density at radius 3 is 2.85 bits per heavy atom. The van der Waals surface area contributed by atoms with Crippen molar-refractivity contribution in [3.8, 4) is 0 Å². The number of carbonyl (C=O) groups excluding carboxylic acids is 2. The Morgan fingerprint density at radius 2 is 2.04 bits per heavy atom. The number of aromatic nitrogens is 1. The van der Waals surface area contributed by atoms with Crippen LogP contribution in [-0.4, -0.2) is 58.8 Å². The summed E-state index contributed by atoms with van der Waals surface area (Å²) in [6.45, 7) is 1.57. The number of likely N-dealkylation sites (N-methyl/N-ethyl adjacent to an activating group) is 1. The number of likely N-dealkylation sites (tertiary alicyclic amines) is 1. The first-order valence-electron chi connectivity index (χ1n) is 9.17. The van der Waals surface area contributed by atoms with Crippen molar-refractivity contribution >= 4 is 17.5 Å². The first-order valence-corrected chi connectivity index (χ1v) is 9.17. The van der Waals surface area contributed by atoms with Crippen LogP contribution in [0.2, 0.25) is 0 Å². The van der Waals surface area contributed by atoms with Crippen LogP contribution in [0.15, 0.2) is 42.6 Å². The van der Waals surface area contributed by atoms with Crippen LogP contribution in [0, 0.1) is 0 Å². The zero-order chi connectivity index (χ0) is 18.1. The lowest BCUT2D eigenvalue weighted by Gasteiger charge is -2.28. The molecule has 3 heterocycles. The molecule has 2 aromatic rings. The average Bonchev–Trinajstić information content (AvgIpc) is 3.31. The van der Waals surface area contributed by atoms with E-state index in [1.54, 1.807) is 17.2 Å². The standard InChI is InChI=1S/C20H24N4O2/c1-23(20(26)17-7-4-11-21-17)15-10-12-24(13-15)18-9-8-14-5-2-3-6-16(14)22-19(18)25/h2-7,11,15,18,21H,8-10,12-13H2,1H3,(H,22,25). The normalized spacial score (nSPS) is 23.2. The molecule has 2 aliphatic rings. The number of hydrogen-bond donors (Lipinski definition) is 2. The highest BCUT2D eigenvalue weighted by molar-refractivity contribution is 5.96. The quantitative estimate of drug-likeness (QED) is 0.889. The highest BCUT2D eigenvalue weighted by Crippen LogP contribution is 2.26. The van der Waals surface area contributed by atoms with Crippen molar-refractivity contribution in [1.29, 1.82) is 0 Å². The second kappa shape index (κ2) is 6.96. The molecule has 4 rings (SSSR count). The van der Waals surface area contributed by atoms with Gasteiger partial charge in [0.2, 0.25) is 5.91 Å². The average molecular weight is 352 g/mol. The van der Waals surface area contributed by atoms with E-state index in [2.05, 4.69) is 21.3 Å². The lowest BCUT2D eigenvalue weighted by atomic mass is 10.1. The van der Waals surface area contributed by atoms with Gasteiger partial charge in [0.25, 0.3) is 5.91 Å². The summed E-state index contributed by atoms with van der Waals surface area (Å²) < 4.78 is 0.